The topological polar surface area (TPSA) is 117 Å². The van der Waals surface area contributed by atoms with E-state index in [0.717, 1.165) is 0 Å². The number of sulfonamides is 1. The first-order chi connectivity index (χ1) is 11.3. The number of aliphatic carboxylic acids is 1. The van der Waals surface area contributed by atoms with Gasteiger partial charge in [0.1, 0.15) is 4.90 Å². The molecule has 9 heteroatoms. The van der Waals surface area contributed by atoms with Gasteiger partial charge in [0.15, 0.2) is 0 Å². The van der Waals surface area contributed by atoms with Crippen molar-refractivity contribution >= 4 is 21.9 Å². The summed E-state index contributed by atoms with van der Waals surface area (Å²) in [6.45, 7) is 2.53. The van der Waals surface area contributed by atoms with Crippen LogP contribution in [0.15, 0.2) is 29.4 Å². The molecule has 1 aliphatic heterocycles. The summed E-state index contributed by atoms with van der Waals surface area (Å²) in [4.78, 5) is 28.6. The van der Waals surface area contributed by atoms with Crippen molar-refractivity contribution in [2.24, 2.45) is 11.8 Å². The Morgan fingerprint density at radius 1 is 1.42 bits per heavy atom. The molecular weight excluding hydrogens is 334 g/mol. The summed E-state index contributed by atoms with van der Waals surface area (Å²) in [5, 5.41) is 9.13. The van der Waals surface area contributed by atoms with Gasteiger partial charge in [-0.15, -0.1) is 0 Å². The molecule has 1 saturated heterocycles. The van der Waals surface area contributed by atoms with E-state index in [2.05, 4.69) is 9.71 Å². The Morgan fingerprint density at radius 3 is 2.79 bits per heavy atom. The van der Waals surface area contributed by atoms with E-state index in [9.17, 15) is 18.0 Å². The Labute approximate surface area is 140 Å². The largest absolute Gasteiger partial charge is 0.481 e. The van der Waals surface area contributed by atoms with Gasteiger partial charge in [-0.25, -0.2) is 13.1 Å². The number of carboxylic acids is 1. The summed E-state index contributed by atoms with van der Waals surface area (Å²) in [6.07, 6.45) is 3.23. The Hall–Kier alpha value is -2.00. The molecule has 0 aliphatic carbocycles. The number of nitrogens with zero attached hydrogens (tertiary/aromatic N) is 2. The molecule has 0 radical (unpaired) electrons. The van der Waals surface area contributed by atoms with Crippen LogP contribution in [0.1, 0.15) is 19.8 Å². The number of rotatable bonds is 6. The highest BCUT2D eigenvalue weighted by Gasteiger charge is 2.31. The van der Waals surface area contributed by atoms with E-state index in [4.69, 9.17) is 5.11 Å². The van der Waals surface area contributed by atoms with Crippen molar-refractivity contribution in [1.29, 1.82) is 0 Å². The normalized spacial score (nSPS) is 21.5. The van der Waals surface area contributed by atoms with Crippen molar-refractivity contribution in [2.75, 3.05) is 19.6 Å². The van der Waals surface area contributed by atoms with Crippen LogP contribution in [-0.2, 0) is 19.6 Å². The SMILES string of the molecule is CC1CC(C(=O)O)CN(C(=O)CCNS(=O)(=O)c2cccnc2)C1. The van der Waals surface area contributed by atoms with Crippen molar-refractivity contribution < 1.29 is 23.1 Å². The molecule has 2 unspecified atom stereocenters. The van der Waals surface area contributed by atoms with Gasteiger partial charge in [0.25, 0.3) is 0 Å². The predicted molar refractivity (Wildman–Crippen MR) is 85.5 cm³/mol. The molecule has 1 amide bonds. The van der Waals surface area contributed by atoms with Crippen molar-refractivity contribution in [2.45, 2.75) is 24.7 Å². The second-order valence-corrected chi connectivity index (χ2v) is 7.78. The van der Waals surface area contributed by atoms with Crippen LogP contribution >= 0.6 is 0 Å². The average Bonchev–Trinajstić information content (AvgIpc) is 2.54. The number of carbonyl (C=O) groups excluding carboxylic acids is 1. The molecule has 2 heterocycles. The van der Waals surface area contributed by atoms with Gasteiger partial charge in [-0.2, -0.15) is 0 Å². The summed E-state index contributed by atoms with van der Waals surface area (Å²) >= 11 is 0. The second-order valence-electron chi connectivity index (χ2n) is 6.01. The zero-order valence-corrected chi connectivity index (χ0v) is 14.2. The van der Waals surface area contributed by atoms with Crippen LogP contribution in [-0.4, -0.2) is 54.9 Å². The Balaban J connectivity index is 1.88. The number of likely N-dealkylation sites (tertiary alicyclic amines) is 1. The van der Waals surface area contributed by atoms with Gasteiger partial charge >= 0.3 is 5.97 Å². The molecule has 132 valence electrons. The van der Waals surface area contributed by atoms with Gasteiger partial charge in [-0.3, -0.25) is 14.6 Å². The molecule has 24 heavy (non-hydrogen) atoms. The third kappa shape index (κ3) is 4.75. The first-order valence-corrected chi connectivity index (χ1v) is 9.18. The molecule has 2 N–H and O–H groups in total. The van der Waals surface area contributed by atoms with Crippen LogP contribution in [0.4, 0.5) is 0 Å². The minimum Gasteiger partial charge on any atom is -0.481 e. The van der Waals surface area contributed by atoms with Gasteiger partial charge in [0, 0.05) is 38.4 Å². The maximum Gasteiger partial charge on any atom is 0.308 e. The number of piperidine rings is 1. The van der Waals surface area contributed by atoms with Crippen LogP contribution in [0.2, 0.25) is 0 Å². The number of carbonyl (C=O) groups is 2. The minimum absolute atomic E-state index is 0.0153. The molecule has 2 rings (SSSR count). The van der Waals surface area contributed by atoms with Gasteiger partial charge in [0.05, 0.1) is 5.92 Å². The molecule has 1 aromatic heterocycles. The highest BCUT2D eigenvalue weighted by Crippen LogP contribution is 2.22. The maximum atomic E-state index is 12.2. The third-order valence-corrected chi connectivity index (χ3v) is 5.38. The summed E-state index contributed by atoms with van der Waals surface area (Å²) < 4.78 is 26.4. The molecule has 0 saturated carbocycles. The van der Waals surface area contributed by atoms with Crippen molar-refractivity contribution in [3.8, 4) is 0 Å². The fraction of sp³-hybridized carbons (Fsp3) is 0.533. The first-order valence-electron chi connectivity index (χ1n) is 7.70. The zero-order valence-electron chi connectivity index (χ0n) is 13.4. The molecule has 8 nitrogen and oxygen atoms in total. The lowest BCUT2D eigenvalue weighted by molar-refractivity contribution is -0.146. The number of hydrogen-bond acceptors (Lipinski definition) is 5. The van der Waals surface area contributed by atoms with E-state index >= 15 is 0 Å². The highest BCUT2D eigenvalue weighted by atomic mass is 32.2. The van der Waals surface area contributed by atoms with Crippen LogP contribution in [0.5, 0.6) is 0 Å². The Morgan fingerprint density at radius 2 is 2.17 bits per heavy atom. The van der Waals surface area contributed by atoms with E-state index in [0.29, 0.717) is 13.0 Å². The van der Waals surface area contributed by atoms with Gasteiger partial charge in [-0.1, -0.05) is 6.92 Å². The summed E-state index contributed by atoms with van der Waals surface area (Å²) in [6, 6.07) is 2.93. The second kappa shape index (κ2) is 7.71. The van der Waals surface area contributed by atoms with E-state index in [1.807, 2.05) is 6.92 Å². The minimum atomic E-state index is -3.70. The van der Waals surface area contributed by atoms with E-state index in [-0.39, 0.29) is 36.2 Å². The lowest BCUT2D eigenvalue weighted by Gasteiger charge is -2.34. The lowest BCUT2D eigenvalue weighted by Crippen LogP contribution is -2.46. The Bertz CT molecular complexity index is 692. The van der Waals surface area contributed by atoms with Crippen LogP contribution < -0.4 is 4.72 Å². The van der Waals surface area contributed by atoms with Crippen molar-refractivity contribution in [3.63, 3.8) is 0 Å². The summed E-state index contributed by atoms with van der Waals surface area (Å²) in [7, 11) is -3.70. The fourth-order valence-corrected chi connectivity index (χ4v) is 3.77. The van der Waals surface area contributed by atoms with E-state index < -0.39 is 21.9 Å². The molecule has 0 spiro atoms. The lowest BCUT2D eigenvalue weighted by atomic mass is 9.90. The zero-order chi connectivity index (χ0) is 17.7. The fourth-order valence-electron chi connectivity index (χ4n) is 2.77. The summed E-state index contributed by atoms with van der Waals surface area (Å²) in [5.41, 5.74) is 0. The molecule has 1 aliphatic rings. The number of amides is 1. The van der Waals surface area contributed by atoms with Gasteiger partial charge in [-0.05, 0) is 24.5 Å². The van der Waals surface area contributed by atoms with Crippen LogP contribution in [0.25, 0.3) is 0 Å². The number of carboxylic acid groups (broad SMARTS) is 1. The van der Waals surface area contributed by atoms with Gasteiger partial charge < -0.3 is 10.0 Å². The van der Waals surface area contributed by atoms with Crippen molar-refractivity contribution in [1.82, 2.24) is 14.6 Å². The Kier molecular flexibility index (Phi) is 5.89. The standard InChI is InChI=1S/C15H21N3O5S/c1-11-7-12(15(20)21)10-18(9-11)14(19)4-6-17-24(22,23)13-3-2-5-16-8-13/h2-3,5,8,11-12,17H,4,6-7,9-10H2,1H3,(H,20,21). The molecule has 0 aromatic carbocycles. The van der Waals surface area contributed by atoms with E-state index in [1.54, 1.807) is 0 Å². The molecule has 0 bridgehead atoms. The number of aromatic nitrogens is 1. The van der Waals surface area contributed by atoms with Gasteiger partial charge in [0.2, 0.25) is 15.9 Å². The van der Waals surface area contributed by atoms with Crippen LogP contribution in [0.3, 0.4) is 0 Å². The molecule has 2 atom stereocenters. The maximum absolute atomic E-state index is 12.2. The summed E-state index contributed by atoms with van der Waals surface area (Å²) in [5.74, 6) is -1.61. The number of pyridine rings is 1. The van der Waals surface area contributed by atoms with Crippen LogP contribution in [0, 0.1) is 11.8 Å². The quantitative estimate of drug-likeness (QED) is 0.759. The highest BCUT2D eigenvalue weighted by molar-refractivity contribution is 7.89. The third-order valence-electron chi connectivity index (χ3n) is 3.94. The first kappa shape index (κ1) is 18.3. The number of hydrogen-bond donors (Lipinski definition) is 2. The smallest absolute Gasteiger partial charge is 0.308 e. The van der Waals surface area contributed by atoms with E-state index in [1.165, 1.54) is 29.4 Å². The predicted octanol–water partition coefficient (Wildman–Crippen LogP) is 0.319. The average molecular weight is 355 g/mol. The van der Waals surface area contributed by atoms with Crippen molar-refractivity contribution in [3.05, 3.63) is 24.5 Å². The number of nitrogens with one attached hydrogen (secondary N) is 1. The molecular formula is C15H21N3O5S. The molecule has 1 fully saturated rings. The molecule has 1 aromatic rings. The monoisotopic (exact) mass is 355 g/mol.